The van der Waals surface area contributed by atoms with Crippen molar-refractivity contribution < 1.29 is 22.7 Å². The maximum atomic E-state index is 13.9. The van der Waals surface area contributed by atoms with Crippen LogP contribution in [0.15, 0.2) is 91.1 Å². The van der Waals surface area contributed by atoms with Gasteiger partial charge in [0.15, 0.2) is 0 Å². The van der Waals surface area contributed by atoms with Crippen molar-refractivity contribution in [3.8, 4) is 5.75 Å². The third kappa shape index (κ3) is 7.67. The minimum Gasteiger partial charge on any atom is -0.492 e. The Kier molecular flexibility index (Phi) is 9.38. The summed E-state index contributed by atoms with van der Waals surface area (Å²) in [4.78, 5) is 13.9. The number of hydrogen-bond donors (Lipinski definition) is 2. The molecule has 2 N–H and O–H groups in total. The zero-order valence-corrected chi connectivity index (χ0v) is 23.2. The van der Waals surface area contributed by atoms with Gasteiger partial charge in [-0.25, -0.2) is 0 Å². The third-order valence-corrected chi connectivity index (χ3v) is 7.16. The van der Waals surface area contributed by atoms with Crippen molar-refractivity contribution in [2.24, 2.45) is 0 Å². The molecule has 0 unspecified atom stereocenters. The summed E-state index contributed by atoms with van der Waals surface area (Å²) >= 11 is 0. The van der Waals surface area contributed by atoms with Gasteiger partial charge in [0, 0.05) is 37.6 Å². The molecule has 0 bridgehead atoms. The van der Waals surface area contributed by atoms with Crippen molar-refractivity contribution in [2.45, 2.75) is 25.4 Å². The summed E-state index contributed by atoms with van der Waals surface area (Å²) in [7, 11) is 0. The van der Waals surface area contributed by atoms with Crippen LogP contribution in [0.4, 0.5) is 13.2 Å². The lowest BCUT2D eigenvalue weighted by molar-refractivity contribution is -0.125. The van der Waals surface area contributed by atoms with Crippen LogP contribution >= 0.6 is 0 Å². The second kappa shape index (κ2) is 13.5. The number of halogens is 3. The smallest absolute Gasteiger partial charge is 0.393 e. The molecule has 0 saturated carbocycles. The first-order valence-electron chi connectivity index (χ1n) is 14.1. The molecular weight excluding hydrogens is 541 g/mol. The number of carbonyl (C=O) groups is 1. The molecule has 2 heterocycles. The predicted octanol–water partition coefficient (Wildman–Crippen LogP) is 6.62. The van der Waals surface area contributed by atoms with Crippen LogP contribution in [0.2, 0.25) is 0 Å². The van der Waals surface area contributed by atoms with E-state index in [2.05, 4.69) is 15.5 Å². The number of rotatable bonds is 11. The summed E-state index contributed by atoms with van der Waals surface area (Å²) < 4.78 is 47.6. The van der Waals surface area contributed by atoms with Crippen molar-refractivity contribution in [3.63, 3.8) is 0 Å². The number of hydrogen-bond acceptors (Lipinski definition) is 4. The van der Waals surface area contributed by atoms with E-state index in [4.69, 9.17) is 4.74 Å². The molecule has 0 spiro atoms. The fraction of sp³-hybridized carbons (Fsp3) is 0.273. The second-order valence-corrected chi connectivity index (χ2v) is 10.2. The van der Waals surface area contributed by atoms with Gasteiger partial charge in [0.05, 0.1) is 18.1 Å². The molecule has 9 heteroatoms. The third-order valence-electron chi connectivity index (χ3n) is 7.16. The minimum atomic E-state index is -4.40. The van der Waals surface area contributed by atoms with Crippen molar-refractivity contribution >= 4 is 28.0 Å². The van der Waals surface area contributed by atoms with Crippen molar-refractivity contribution in [3.05, 3.63) is 108 Å². The molecule has 1 aliphatic rings. The first kappa shape index (κ1) is 29.1. The predicted molar refractivity (Wildman–Crippen MR) is 159 cm³/mol. The minimum absolute atomic E-state index is 0.0504. The number of carbonyl (C=O) groups excluding carboxylic acids is 1. The van der Waals surface area contributed by atoms with Gasteiger partial charge in [-0.05, 0) is 64.9 Å². The molecule has 1 fully saturated rings. The first-order chi connectivity index (χ1) is 20.4. The van der Waals surface area contributed by atoms with Gasteiger partial charge >= 0.3 is 6.18 Å². The highest BCUT2D eigenvalue weighted by Crippen LogP contribution is 2.40. The summed E-state index contributed by atoms with van der Waals surface area (Å²) in [6.45, 7) is 3.19. The van der Waals surface area contributed by atoms with Gasteiger partial charge in [0.1, 0.15) is 12.4 Å². The number of allylic oxidation sites excluding steroid dienone is 1. The van der Waals surface area contributed by atoms with E-state index in [9.17, 15) is 18.0 Å². The normalized spacial score (nSPS) is 14.5. The fourth-order valence-electron chi connectivity index (χ4n) is 5.13. The van der Waals surface area contributed by atoms with Crippen LogP contribution in [-0.2, 0) is 4.79 Å². The molecule has 0 aliphatic carbocycles. The number of aromatic amines is 1. The number of likely N-dealkylation sites (tertiary alicyclic amines) is 1. The number of fused-ring (bicyclic) bond motifs is 1. The van der Waals surface area contributed by atoms with E-state index < -0.39 is 12.6 Å². The van der Waals surface area contributed by atoms with E-state index in [0.29, 0.717) is 47.7 Å². The van der Waals surface area contributed by atoms with Crippen LogP contribution in [0.3, 0.4) is 0 Å². The first-order valence-corrected chi connectivity index (χ1v) is 14.1. The summed E-state index contributed by atoms with van der Waals surface area (Å²) in [5.41, 5.74) is 3.34. The lowest BCUT2D eigenvalue weighted by Gasteiger charge is -2.19. The molecule has 1 amide bonds. The molecule has 0 atom stereocenters. The summed E-state index contributed by atoms with van der Waals surface area (Å²) in [5, 5.41) is 11.0. The van der Waals surface area contributed by atoms with E-state index in [1.54, 1.807) is 66.9 Å². The highest BCUT2D eigenvalue weighted by Gasteiger charge is 2.31. The summed E-state index contributed by atoms with van der Waals surface area (Å²) in [6.07, 6.45) is 1.74. The number of benzene rings is 3. The van der Waals surface area contributed by atoms with Crippen molar-refractivity contribution in [1.29, 1.82) is 0 Å². The van der Waals surface area contributed by atoms with E-state index in [0.717, 1.165) is 36.8 Å². The molecule has 6 nitrogen and oxygen atoms in total. The Hall–Kier alpha value is -4.37. The number of amides is 1. The number of ether oxygens (including phenoxy) is 1. The topological polar surface area (TPSA) is 70.2 Å². The van der Waals surface area contributed by atoms with Gasteiger partial charge in [-0.2, -0.15) is 18.3 Å². The molecule has 1 aromatic heterocycles. The van der Waals surface area contributed by atoms with Gasteiger partial charge in [0.25, 0.3) is 0 Å². The SMILES string of the molecule is O=C(C=CCNCCOc1ccc(/C(=C(/CC(F)(F)F)c2ccccc2)c2ccc3[nH]ncc3c2)cc1)N1CCCC1. The Morgan fingerprint density at radius 3 is 2.45 bits per heavy atom. The zero-order valence-electron chi connectivity index (χ0n) is 23.2. The Bertz CT molecular complexity index is 1540. The monoisotopic (exact) mass is 574 g/mol. The van der Waals surface area contributed by atoms with Crippen LogP contribution in [0.5, 0.6) is 5.75 Å². The van der Waals surface area contributed by atoms with E-state index in [1.165, 1.54) is 0 Å². The van der Waals surface area contributed by atoms with Crippen LogP contribution in [0, 0.1) is 0 Å². The average molecular weight is 575 g/mol. The lowest BCUT2D eigenvalue weighted by Crippen LogP contribution is -2.26. The molecule has 5 rings (SSSR count). The largest absolute Gasteiger partial charge is 0.492 e. The van der Waals surface area contributed by atoms with E-state index in [-0.39, 0.29) is 11.5 Å². The molecule has 218 valence electrons. The van der Waals surface area contributed by atoms with Gasteiger partial charge in [-0.1, -0.05) is 54.6 Å². The van der Waals surface area contributed by atoms with Crippen LogP contribution in [-0.4, -0.2) is 60.0 Å². The molecule has 3 aromatic carbocycles. The number of alkyl halides is 3. The Balaban J connectivity index is 1.31. The number of nitrogens with one attached hydrogen (secondary N) is 2. The van der Waals surface area contributed by atoms with Gasteiger partial charge in [0.2, 0.25) is 5.91 Å². The van der Waals surface area contributed by atoms with Crippen LogP contribution in [0.25, 0.3) is 22.0 Å². The molecule has 1 saturated heterocycles. The van der Waals surface area contributed by atoms with Gasteiger partial charge in [-0.3, -0.25) is 9.89 Å². The molecule has 4 aromatic rings. The highest BCUT2D eigenvalue weighted by molar-refractivity contribution is 6.00. The average Bonchev–Trinajstić information content (AvgIpc) is 3.69. The second-order valence-electron chi connectivity index (χ2n) is 10.2. The molecule has 1 aliphatic heterocycles. The molecule has 42 heavy (non-hydrogen) atoms. The standard InChI is InChI=1S/C33H33F3N4O2/c34-33(35,36)22-29(24-7-2-1-3-8-24)32(26-12-15-30-27(21-26)23-38-39-30)25-10-13-28(14-11-25)42-20-17-37-16-6-9-31(41)40-18-4-5-19-40/h1-3,6-15,21,23,37H,4-5,16-20,22H2,(H,38,39)/b9-6?,32-29+. The quantitative estimate of drug-likeness (QED) is 0.120. The Labute approximate surface area is 242 Å². The number of nitrogens with zero attached hydrogens (tertiary/aromatic N) is 2. The molecule has 0 radical (unpaired) electrons. The van der Waals surface area contributed by atoms with Crippen molar-refractivity contribution in [1.82, 2.24) is 20.4 Å². The number of aromatic nitrogens is 2. The van der Waals surface area contributed by atoms with E-state index in [1.807, 2.05) is 29.2 Å². The van der Waals surface area contributed by atoms with Crippen LogP contribution in [0.1, 0.15) is 36.0 Å². The Morgan fingerprint density at radius 2 is 1.71 bits per heavy atom. The number of H-pyrrole nitrogens is 1. The lowest BCUT2D eigenvalue weighted by atomic mass is 9.87. The van der Waals surface area contributed by atoms with Crippen LogP contribution < -0.4 is 10.1 Å². The van der Waals surface area contributed by atoms with Gasteiger partial charge < -0.3 is 15.0 Å². The maximum Gasteiger partial charge on any atom is 0.393 e. The highest BCUT2D eigenvalue weighted by atomic mass is 19.4. The Morgan fingerprint density at radius 1 is 0.976 bits per heavy atom. The van der Waals surface area contributed by atoms with Crippen molar-refractivity contribution in [2.75, 3.05) is 32.8 Å². The summed E-state index contributed by atoms with van der Waals surface area (Å²) in [5.74, 6) is 0.663. The van der Waals surface area contributed by atoms with E-state index >= 15 is 0 Å². The molecular formula is C33H33F3N4O2. The zero-order chi connectivity index (χ0) is 29.4. The summed E-state index contributed by atoms with van der Waals surface area (Å²) in [6, 6.07) is 21.3. The fourth-order valence-corrected chi connectivity index (χ4v) is 5.13. The van der Waals surface area contributed by atoms with Gasteiger partial charge in [-0.15, -0.1) is 0 Å². The maximum absolute atomic E-state index is 13.9.